The second-order valence-corrected chi connectivity index (χ2v) is 5.14. The Morgan fingerprint density at radius 3 is 2.25 bits per heavy atom. The number of carboxylic acid groups (broad SMARTS) is 1. The third kappa shape index (κ3) is 2.88. The number of fused-ring (bicyclic) bond motifs is 1. The van der Waals surface area contributed by atoms with Gasteiger partial charge in [0, 0.05) is 10.9 Å². The summed E-state index contributed by atoms with van der Waals surface area (Å²) in [6.45, 7) is 0. The molecule has 1 heterocycles. The van der Waals surface area contributed by atoms with Gasteiger partial charge in [0.2, 0.25) is 0 Å². The predicted octanol–water partition coefficient (Wildman–Crippen LogP) is 4.32. The predicted molar refractivity (Wildman–Crippen MR) is 80.8 cm³/mol. The summed E-state index contributed by atoms with van der Waals surface area (Å²) in [4.78, 5) is 14.9. The van der Waals surface area contributed by atoms with Crippen molar-refractivity contribution in [3.8, 4) is 17.0 Å². The Morgan fingerprint density at radius 1 is 1.00 bits per heavy atom. The van der Waals surface area contributed by atoms with E-state index in [1.54, 1.807) is 0 Å². The van der Waals surface area contributed by atoms with Gasteiger partial charge in [-0.25, -0.2) is 9.78 Å². The second kappa shape index (κ2) is 5.52. The highest BCUT2D eigenvalue weighted by Crippen LogP contribution is 2.38. The maximum Gasteiger partial charge on any atom is 0.418 e. The molecule has 7 heteroatoms. The van der Waals surface area contributed by atoms with E-state index >= 15 is 0 Å². The molecule has 2 aromatic carbocycles. The van der Waals surface area contributed by atoms with Crippen molar-refractivity contribution in [3.63, 3.8) is 0 Å². The number of hydrogen-bond donors (Lipinski definition) is 2. The molecule has 0 aliphatic rings. The van der Waals surface area contributed by atoms with Crippen molar-refractivity contribution < 1.29 is 28.2 Å². The number of pyridine rings is 1. The summed E-state index contributed by atoms with van der Waals surface area (Å²) >= 11 is 0. The monoisotopic (exact) mass is 333 g/mol. The Balaban J connectivity index is 2.25. The van der Waals surface area contributed by atoms with E-state index in [4.69, 9.17) is 5.11 Å². The SMILES string of the molecule is O=C(O)c1ccc(-c2nc3ccc(O)cc3cc2C(F)(F)F)cc1. The van der Waals surface area contributed by atoms with Gasteiger partial charge in [0.15, 0.2) is 0 Å². The summed E-state index contributed by atoms with van der Waals surface area (Å²) in [5.74, 6) is -1.32. The number of halogens is 3. The molecule has 0 atom stereocenters. The number of hydrogen-bond acceptors (Lipinski definition) is 3. The fourth-order valence-electron chi connectivity index (χ4n) is 2.37. The zero-order chi connectivity index (χ0) is 17.5. The van der Waals surface area contributed by atoms with E-state index in [1.807, 2.05) is 0 Å². The summed E-state index contributed by atoms with van der Waals surface area (Å²) in [6.07, 6.45) is -4.65. The summed E-state index contributed by atoms with van der Waals surface area (Å²) < 4.78 is 40.1. The number of aromatic nitrogens is 1. The van der Waals surface area contributed by atoms with Crippen LogP contribution in [0.5, 0.6) is 5.75 Å². The number of phenols is 1. The molecule has 0 saturated heterocycles. The number of phenolic OH excluding ortho intramolecular Hbond substituents is 1. The average molecular weight is 333 g/mol. The van der Waals surface area contributed by atoms with E-state index in [2.05, 4.69) is 4.98 Å². The first-order chi connectivity index (χ1) is 11.3. The Kier molecular flexibility index (Phi) is 3.63. The minimum atomic E-state index is -4.65. The minimum Gasteiger partial charge on any atom is -0.508 e. The average Bonchev–Trinajstić information content (AvgIpc) is 2.53. The van der Waals surface area contributed by atoms with E-state index in [0.717, 1.165) is 6.07 Å². The van der Waals surface area contributed by atoms with Crippen molar-refractivity contribution >= 4 is 16.9 Å². The molecular weight excluding hydrogens is 323 g/mol. The first-order valence-electron chi connectivity index (χ1n) is 6.80. The van der Waals surface area contributed by atoms with Gasteiger partial charge >= 0.3 is 12.1 Å². The van der Waals surface area contributed by atoms with Gasteiger partial charge < -0.3 is 10.2 Å². The molecule has 3 rings (SSSR count). The molecule has 0 bridgehead atoms. The van der Waals surface area contributed by atoms with Gasteiger partial charge in [-0.15, -0.1) is 0 Å². The maximum absolute atomic E-state index is 13.4. The fourth-order valence-corrected chi connectivity index (χ4v) is 2.37. The lowest BCUT2D eigenvalue weighted by molar-refractivity contribution is -0.137. The normalized spacial score (nSPS) is 11.6. The maximum atomic E-state index is 13.4. The molecule has 0 aliphatic carbocycles. The summed E-state index contributed by atoms with van der Waals surface area (Å²) in [5, 5.41) is 18.5. The molecule has 0 unspecified atom stereocenters. The minimum absolute atomic E-state index is 0.0296. The molecule has 3 aromatic rings. The zero-order valence-corrected chi connectivity index (χ0v) is 12.0. The molecule has 1 aromatic heterocycles. The van der Waals surface area contributed by atoms with E-state index < -0.39 is 17.7 Å². The van der Waals surface area contributed by atoms with Gasteiger partial charge in [-0.2, -0.15) is 13.2 Å². The molecule has 0 aliphatic heterocycles. The molecule has 0 saturated carbocycles. The highest BCUT2D eigenvalue weighted by molar-refractivity contribution is 5.89. The van der Waals surface area contributed by atoms with E-state index in [0.29, 0.717) is 0 Å². The smallest absolute Gasteiger partial charge is 0.418 e. The highest BCUT2D eigenvalue weighted by atomic mass is 19.4. The number of benzene rings is 2. The number of carbonyl (C=O) groups is 1. The van der Waals surface area contributed by atoms with Gasteiger partial charge in [0.1, 0.15) is 5.75 Å². The van der Waals surface area contributed by atoms with Gasteiger partial charge in [0.05, 0.1) is 22.3 Å². The lowest BCUT2D eigenvalue weighted by Gasteiger charge is -2.14. The molecule has 2 N–H and O–H groups in total. The van der Waals surface area contributed by atoms with Crippen LogP contribution in [0.2, 0.25) is 0 Å². The number of alkyl halides is 3. The third-order valence-corrected chi connectivity index (χ3v) is 3.51. The molecule has 0 spiro atoms. The topological polar surface area (TPSA) is 70.4 Å². The molecule has 4 nitrogen and oxygen atoms in total. The molecule has 24 heavy (non-hydrogen) atoms. The van der Waals surface area contributed by atoms with Crippen LogP contribution in [0, 0.1) is 0 Å². The third-order valence-electron chi connectivity index (χ3n) is 3.51. The largest absolute Gasteiger partial charge is 0.508 e. The van der Waals surface area contributed by atoms with Gasteiger partial charge in [-0.1, -0.05) is 12.1 Å². The first-order valence-corrected chi connectivity index (χ1v) is 6.80. The van der Waals surface area contributed by atoms with Crippen molar-refractivity contribution in [2.24, 2.45) is 0 Å². The van der Waals surface area contributed by atoms with Crippen LogP contribution in [-0.2, 0) is 6.18 Å². The van der Waals surface area contributed by atoms with Crippen molar-refractivity contribution in [3.05, 3.63) is 59.7 Å². The number of carboxylic acids is 1. The summed E-state index contributed by atoms with van der Waals surface area (Å²) in [6, 6.07) is 9.89. The van der Waals surface area contributed by atoms with Crippen LogP contribution in [0.1, 0.15) is 15.9 Å². The summed E-state index contributed by atoms with van der Waals surface area (Å²) in [7, 11) is 0. The summed E-state index contributed by atoms with van der Waals surface area (Å²) in [5.41, 5.74) is -0.834. The molecule has 0 amide bonds. The second-order valence-electron chi connectivity index (χ2n) is 5.14. The Morgan fingerprint density at radius 2 is 1.67 bits per heavy atom. The number of rotatable bonds is 2. The quantitative estimate of drug-likeness (QED) is 0.732. The Bertz CT molecular complexity index is 934. The van der Waals surface area contributed by atoms with Crippen LogP contribution in [0.15, 0.2) is 48.5 Å². The molecule has 122 valence electrons. The van der Waals surface area contributed by atoms with Crippen LogP contribution in [0.3, 0.4) is 0 Å². The van der Waals surface area contributed by atoms with Crippen LogP contribution in [0.4, 0.5) is 13.2 Å². The van der Waals surface area contributed by atoms with E-state index in [9.17, 15) is 23.1 Å². The van der Waals surface area contributed by atoms with Gasteiger partial charge in [-0.05, 0) is 36.4 Å². The number of aromatic hydroxyl groups is 1. The van der Waals surface area contributed by atoms with Crippen LogP contribution in [0.25, 0.3) is 22.2 Å². The lowest BCUT2D eigenvalue weighted by Crippen LogP contribution is -2.09. The first kappa shape index (κ1) is 15.8. The number of aromatic carboxylic acids is 1. The van der Waals surface area contributed by atoms with Crippen LogP contribution < -0.4 is 0 Å². The van der Waals surface area contributed by atoms with Crippen molar-refractivity contribution in [2.45, 2.75) is 6.18 Å². The standard InChI is InChI=1S/C17H10F3NO3/c18-17(19,20)13-8-11-7-12(22)5-6-14(11)21-15(13)9-1-3-10(4-2-9)16(23)24/h1-8,22H,(H,23,24). The fraction of sp³-hybridized carbons (Fsp3) is 0.0588. The van der Waals surface area contributed by atoms with E-state index in [-0.39, 0.29) is 33.5 Å². The molecule has 0 fully saturated rings. The molecular formula is C17H10F3NO3. The number of nitrogens with zero attached hydrogens (tertiary/aromatic N) is 1. The van der Waals surface area contributed by atoms with Crippen molar-refractivity contribution in [1.82, 2.24) is 4.98 Å². The van der Waals surface area contributed by atoms with Crippen LogP contribution in [-0.4, -0.2) is 21.2 Å². The Labute approximate surface area is 133 Å². The van der Waals surface area contributed by atoms with Crippen molar-refractivity contribution in [2.75, 3.05) is 0 Å². The van der Waals surface area contributed by atoms with Crippen LogP contribution >= 0.6 is 0 Å². The van der Waals surface area contributed by atoms with E-state index in [1.165, 1.54) is 42.5 Å². The van der Waals surface area contributed by atoms with Gasteiger partial charge in [0.25, 0.3) is 0 Å². The van der Waals surface area contributed by atoms with Gasteiger partial charge in [-0.3, -0.25) is 0 Å². The lowest BCUT2D eigenvalue weighted by atomic mass is 10.0. The zero-order valence-electron chi connectivity index (χ0n) is 12.0. The Hall–Kier alpha value is -3.09. The highest BCUT2D eigenvalue weighted by Gasteiger charge is 2.35. The molecule has 0 radical (unpaired) electrons. The van der Waals surface area contributed by atoms with Crippen molar-refractivity contribution in [1.29, 1.82) is 0 Å².